The van der Waals surface area contributed by atoms with Gasteiger partial charge in [0, 0.05) is 11.2 Å². The van der Waals surface area contributed by atoms with Crippen LogP contribution in [0.3, 0.4) is 0 Å². The van der Waals surface area contributed by atoms with Crippen molar-refractivity contribution in [1.29, 1.82) is 0 Å². The van der Waals surface area contributed by atoms with E-state index in [9.17, 15) is 9.18 Å². The number of nitrogens with zero attached hydrogens (tertiary/aromatic N) is 2. The molecule has 1 heterocycles. The van der Waals surface area contributed by atoms with Crippen LogP contribution in [0.15, 0.2) is 66.9 Å². The molecule has 150 valence electrons. The zero-order valence-corrected chi connectivity index (χ0v) is 16.8. The fourth-order valence-electron chi connectivity index (χ4n) is 2.78. The number of aromatic nitrogens is 1. The Morgan fingerprint density at radius 1 is 1.14 bits per heavy atom. The number of para-hydroxylation sites is 2. The molecule has 0 bridgehead atoms. The van der Waals surface area contributed by atoms with Gasteiger partial charge in [-0.3, -0.25) is 9.69 Å². The molecular weight excluding hydrogens is 395 g/mol. The molecule has 0 radical (unpaired) electrons. The molecule has 0 N–H and O–H groups in total. The molecule has 2 aromatic carbocycles. The van der Waals surface area contributed by atoms with Crippen LogP contribution in [0.4, 0.5) is 10.2 Å². The van der Waals surface area contributed by atoms with E-state index in [1.165, 1.54) is 24.1 Å². The lowest BCUT2D eigenvalue weighted by atomic mass is 10.2. The van der Waals surface area contributed by atoms with E-state index in [-0.39, 0.29) is 17.5 Å². The Kier molecular flexibility index (Phi) is 6.67. The number of methoxy groups -OCH3 is 1. The van der Waals surface area contributed by atoms with Crippen LogP contribution in [0.25, 0.3) is 0 Å². The molecule has 1 amide bonds. The van der Waals surface area contributed by atoms with Crippen LogP contribution in [0.1, 0.15) is 12.5 Å². The average molecular weight is 415 g/mol. The molecule has 29 heavy (non-hydrogen) atoms. The maximum Gasteiger partial charge on any atom is 0.269 e. The molecule has 0 aliphatic heterocycles. The van der Waals surface area contributed by atoms with Crippen LogP contribution in [0.5, 0.6) is 11.5 Å². The van der Waals surface area contributed by atoms with Gasteiger partial charge < -0.3 is 9.47 Å². The first-order valence-corrected chi connectivity index (χ1v) is 9.33. The second-order valence-corrected chi connectivity index (χ2v) is 6.67. The molecule has 1 aromatic heterocycles. The van der Waals surface area contributed by atoms with Gasteiger partial charge in [0.15, 0.2) is 17.6 Å². The SMILES string of the molecule is COc1ccccc1O[C@@H](C)C(=O)N(Cc1ccc(F)cc1Cl)c1ccccn1. The number of ether oxygens (including phenoxy) is 2. The number of benzene rings is 2. The Bertz CT molecular complexity index is 985. The van der Waals surface area contributed by atoms with E-state index in [1.54, 1.807) is 55.6 Å². The summed E-state index contributed by atoms with van der Waals surface area (Å²) in [5, 5.41) is 0.233. The Hall–Kier alpha value is -3.12. The van der Waals surface area contributed by atoms with Gasteiger partial charge in [0.2, 0.25) is 0 Å². The number of hydrogen-bond acceptors (Lipinski definition) is 4. The van der Waals surface area contributed by atoms with Crippen LogP contribution in [-0.2, 0) is 11.3 Å². The van der Waals surface area contributed by atoms with Crippen LogP contribution in [-0.4, -0.2) is 24.1 Å². The summed E-state index contributed by atoms with van der Waals surface area (Å²) < 4.78 is 24.5. The lowest BCUT2D eigenvalue weighted by Gasteiger charge is -2.26. The second kappa shape index (κ2) is 9.39. The Balaban J connectivity index is 1.88. The summed E-state index contributed by atoms with van der Waals surface area (Å²) >= 11 is 6.17. The van der Waals surface area contributed by atoms with Crippen molar-refractivity contribution in [3.63, 3.8) is 0 Å². The minimum Gasteiger partial charge on any atom is -0.493 e. The summed E-state index contributed by atoms with van der Waals surface area (Å²) in [7, 11) is 1.53. The predicted molar refractivity (Wildman–Crippen MR) is 110 cm³/mol. The number of rotatable bonds is 7. The minimum absolute atomic E-state index is 0.120. The van der Waals surface area contributed by atoms with Crippen molar-refractivity contribution in [2.45, 2.75) is 19.6 Å². The summed E-state index contributed by atoms with van der Waals surface area (Å²) in [6, 6.07) is 16.4. The number of pyridine rings is 1. The van der Waals surface area contributed by atoms with E-state index in [0.29, 0.717) is 22.9 Å². The van der Waals surface area contributed by atoms with Gasteiger partial charge in [-0.1, -0.05) is 35.9 Å². The molecule has 0 aliphatic carbocycles. The first kappa shape index (κ1) is 20.6. The number of carbonyl (C=O) groups is 1. The minimum atomic E-state index is -0.826. The third-order valence-corrected chi connectivity index (χ3v) is 4.61. The van der Waals surface area contributed by atoms with Crippen LogP contribution in [0, 0.1) is 5.82 Å². The molecule has 0 aliphatic rings. The third kappa shape index (κ3) is 5.03. The zero-order chi connectivity index (χ0) is 20.8. The van der Waals surface area contributed by atoms with Gasteiger partial charge >= 0.3 is 0 Å². The van der Waals surface area contributed by atoms with Crippen molar-refractivity contribution < 1.29 is 18.7 Å². The first-order valence-electron chi connectivity index (χ1n) is 8.95. The van der Waals surface area contributed by atoms with E-state index in [1.807, 2.05) is 6.07 Å². The van der Waals surface area contributed by atoms with Gasteiger partial charge in [-0.05, 0) is 48.9 Å². The highest BCUT2D eigenvalue weighted by Crippen LogP contribution is 2.28. The standard InChI is InChI=1S/C22H20ClFN2O3/c1-15(29-20-8-4-3-7-19(20)28-2)22(27)26(21-9-5-6-12-25-21)14-16-10-11-17(24)13-18(16)23/h3-13,15H,14H2,1-2H3/t15-/m0/s1. The normalized spacial score (nSPS) is 11.6. The highest BCUT2D eigenvalue weighted by molar-refractivity contribution is 6.31. The number of halogens is 2. The average Bonchev–Trinajstić information content (AvgIpc) is 2.73. The fourth-order valence-corrected chi connectivity index (χ4v) is 3.01. The number of amides is 1. The highest BCUT2D eigenvalue weighted by Gasteiger charge is 2.26. The lowest BCUT2D eigenvalue weighted by molar-refractivity contribution is -0.124. The summed E-state index contributed by atoms with van der Waals surface area (Å²) in [5.41, 5.74) is 0.594. The van der Waals surface area contributed by atoms with E-state index < -0.39 is 11.9 Å². The van der Waals surface area contributed by atoms with Gasteiger partial charge in [-0.2, -0.15) is 0 Å². The van der Waals surface area contributed by atoms with Crippen LogP contribution >= 0.6 is 11.6 Å². The summed E-state index contributed by atoms with van der Waals surface area (Å²) in [6.07, 6.45) is 0.765. The van der Waals surface area contributed by atoms with Crippen molar-refractivity contribution in [1.82, 2.24) is 4.98 Å². The molecule has 0 unspecified atom stereocenters. The quantitative estimate of drug-likeness (QED) is 0.552. The molecule has 3 aromatic rings. The smallest absolute Gasteiger partial charge is 0.269 e. The monoisotopic (exact) mass is 414 g/mol. The third-order valence-electron chi connectivity index (χ3n) is 4.26. The van der Waals surface area contributed by atoms with Gasteiger partial charge in [0.25, 0.3) is 5.91 Å². The largest absolute Gasteiger partial charge is 0.493 e. The van der Waals surface area contributed by atoms with E-state index >= 15 is 0 Å². The summed E-state index contributed by atoms with van der Waals surface area (Å²) in [6.45, 7) is 1.77. The molecule has 0 fully saturated rings. The van der Waals surface area contributed by atoms with Gasteiger partial charge in [0.05, 0.1) is 13.7 Å². The van der Waals surface area contributed by atoms with Crippen LogP contribution in [0.2, 0.25) is 5.02 Å². The zero-order valence-electron chi connectivity index (χ0n) is 16.0. The van der Waals surface area contributed by atoms with Crippen LogP contribution < -0.4 is 14.4 Å². The number of hydrogen-bond donors (Lipinski definition) is 0. The topological polar surface area (TPSA) is 51.7 Å². The van der Waals surface area contributed by atoms with Gasteiger partial charge in [-0.15, -0.1) is 0 Å². The molecule has 7 heteroatoms. The first-order chi connectivity index (χ1) is 14.0. The predicted octanol–water partition coefficient (Wildman–Crippen LogP) is 4.88. The van der Waals surface area contributed by atoms with Crippen molar-refractivity contribution in [2.24, 2.45) is 0 Å². The van der Waals surface area contributed by atoms with E-state index in [4.69, 9.17) is 21.1 Å². The Labute approximate surface area is 173 Å². The molecular formula is C22H20ClFN2O3. The lowest BCUT2D eigenvalue weighted by Crippen LogP contribution is -2.40. The van der Waals surface area contributed by atoms with Gasteiger partial charge in [0.1, 0.15) is 11.6 Å². The van der Waals surface area contributed by atoms with Crippen molar-refractivity contribution in [3.05, 3.63) is 83.3 Å². The molecule has 3 rings (SSSR count). The number of carbonyl (C=O) groups excluding carboxylic acids is 1. The van der Waals surface area contributed by atoms with Crippen molar-refractivity contribution in [3.8, 4) is 11.5 Å². The maximum absolute atomic E-state index is 13.4. The van der Waals surface area contributed by atoms with E-state index in [2.05, 4.69) is 4.98 Å². The van der Waals surface area contributed by atoms with E-state index in [0.717, 1.165) is 0 Å². The molecule has 0 saturated carbocycles. The molecule has 5 nitrogen and oxygen atoms in total. The molecule has 0 spiro atoms. The molecule has 1 atom stereocenters. The van der Waals surface area contributed by atoms with Crippen molar-refractivity contribution >= 4 is 23.3 Å². The Morgan fingerprint density at radius 3 is 2.52 bits per heavy atom. The van der Waals surface area contributed by atoms with Crippen molar-refractivity contribution in [2.75, 3.05) is 12.0 Å². The summed E-state index contributed by atoms with van der Waals surface area (Å²) in [5.74, 6) is 0.653. The summed E-state index contributed by atoms with van der Waals surface area (Å²) in [4.78, 5) is 19.0. The number of anilines is 1. The molecule has 0 saturated heterocycles. The Morgan fingerprint density at radius 2 is 1.86 bits per heavy atom. The second-order valence-electron chi connectivity index (χ2n) is 6.26. The fraction of sp³-hybridized carbons (Fsp3) is 0.182. The van der Waals surface area contributed by atoms with Gasteiger partial charge in [-0.25, -0.2) is 9.37 Å². The maximum atomic E-state index is 13.4. The highest BCUT2D eigenvalue weighted by atomic mass is 35.5.